The van der Waals surface area contributed by atoms with E-state index in [4.69, 9.17) is 0 Å². The summed E-state index contributed by atoms with van der Waals surface area (Å²) in [6.07, 6.45) is 4.67. The van der Waals surface area contributed by atoms with Crippen molar-refractivity contribution in [2.45, 2.75) is 4.90 Å². The Balaban J connectivity index is 2.34. The number of anilines is 2. The Labute approximate surface area is 121 Å². The molecule has 2 aromatic rings. The Morgan fingerprint density at radius 3 is 2.78 bits per heavy atom. The normalized spacial score (nSPS) is 12.2. The van der Waals surface area contributed by atoms with Gasteiger partial charge < -0.3 is 9.87 Å². The van der Waals surface area contributed by atoms with E-state index in [2.05, 4.69) is 10.3 Å². The molecule has 0 aliphatic carbocycles. The van der Waals surface area contributed by atoms with E-state index in [1.165, 1.54) is 12.3 Å². The van der Waals surface area contributed by atoms with Crippen molar-refractivity contribution in [3.05, 3.63) is 46.0 Å². The SMILES string of the molecule is C[S+]([O-])c1ccncc1Nc1ccc(I)cc1F. The molecular formula is C12H10FIN2OS. The molecule has 0 spiro atoms. The van der Waals surface area contributed by atoms with Crippen molar-refractivity contribution in [3.8, 4) is 0 Å². The topological polar surface area (TPSA) is 48.0 Å². The van der Waals surface area contributed by atoms with Crippen LogP contribution < -0.4 is 5.32 Å². The summed E-state index contributed by atoms with van der Waals surface area (Å²) in [5.41, 5.74) is 0.897. The Hall–Kier alpha value is -0.860. The predicted octanol–water partition coefficient (Wildman–Crippen LogP) is 3.31. The van der Waals surface area contributed by atoms with Crippen LogP contribution in [0.4, 0.5) is 15.8 Å². The maximum Gasteiger partial charge on any atom is 0.179 e. The van der Waals surface area contributed by atoms with Crippen molar-refractivity contribution in [1.29, 1.82) is 0 Å². The molecule has 1 N–H and O–H groups in total. The molecule has 0 aliphatic rings. The summed E-state index contributed by atoms with van der Waals surface area (Å²) in [4.78, 5) is 4.55. The van der Waals surface area contributed by atoms with Crippen LogP contribution >= 0.6 is 22.6 Å². The van der Waals surface area contributed by atoms with Crippen molar-refractivity contribution in [2.75, 3.05) is 11.6 Å². The van der Waals surface area contributed by atoms with Crippen LogP contribution in [0.5, 0.6) is 0 Å². The zero-order valence-corrected chi connectivity index (χ0v) is 12.5. The lowest BCUT2D eigenvalue weighted by molar-refractivity contribution is 0.601. The van der Waals surface area contributed by atoms with Gasteiger partial charge in [0.1, 0.15) is 17.8 Å². The van der Waals surface area contributed by atoms with Gasteiger partial charge in [0.25, 0.3) is 0 Å². The molecule has 0 fully saturated rings. The van der Waals surface area contributed by atoms with Crippen molar-refractivity contribution >= 4 is 45.1 Å². The summed E-state index contributed by atoms with van der Waals surface area (Å²) >= 11 is 0.890. The number of hydrogen-bond donors (Lipinski definition) is 1. The third-order valence-corrected chi connectivity index (χ3v) is 3.94. The highest BCUT2D eigenvalue weighted by atomic mass is 127. The van der Waals surface area contributed by atoms with Crippen molar-refractivity contribution in [2.24, 2.45) is 0 Å². The van der Waals surface area contributed by atoms with Gasteiger partial charge in [-0.3, -0.25) is 4.98 Å². The zero-order chi connectivity index (χ0) is 13.1. The first-order valence-corrected chi connectivity index (χ1v) is 7.71. The molecule has 0 radical (unpaired) electrons. The van der Waals surface area contributed by atoms with Gasteiger partial charge in [0.05, 0.1) is 11.9 Å². The Morgan fingerprint density at radius 1 is 1.33 bits per heavy atom. The molecule has 0 amide bonds. The summed E-state index contributed by atoms with van der Waals surface area (Å²) < 4.78 is 26.1. The van der Waals surface area contributed by atoms with Gasteiger partial charge in [-0.25, -0.2) is 4.39 Å². The van der Waals surface area contributed by atoms with Crippen molar-refractivity contribution in [3.63, 3.8) is 0 Å². The van der Waals surface area contributed by atoms with Crippen molar-refractivity contribution < 1.29 is 8.94 Å². The first-order chi connectivity index (χ1) is 8.58. The number of rotatable bonds is 3. The number of pyridine rings is 1. The fourth-order valence-electron chi connectivity index (χ4n) is 1.46. The second-order valence-corrected chi connectivity index (χ2v) is 6.17. The minimum absolute atomic E-state index is 0.343. The number of halogens is 2. The summed E-state index contributed by atoms with van der Waals surface area (Å²) in [5, 5.41) is 2.92. The third-order valence-electron chi connectivity index (χ3n) is 2.29. The van der Waals surface area contributed by atoms with E-state index in [1.807, 2.05) is 22.6 Å². The lowest BCUT2D eigenvalue weighted by atomic mass is 10.3. The monoisotopic (exact) mass is 376 g/mol. The van der Waals surface area contributed by atoms with Crippen molar-refractivity contribution in [1.82, 2.24) is 4.98 Å². The first-order valence-electron chi connectivity index (χ1n) is 5.07. The lowest BCUT2D eigenvalue weighted by Gasteiger charge is -2.12. The second-order valence-electron chi connectivity index (χ2n) is 3.58. The summed E-state index contributed by atoms with van der Waals surface area (Å²) in [7, 11) is 0. The molecule has 94 valence electrons. The highest BCUT2D eigenvalue weighted by molar-refractivity contribution is 14.1. The van der Waals surface area contributed by atoms with Crippen LogP contribution in [0.25, 0.3) is 0 Å². The van der Waals surface area contributed by atoms with Crippen LogP contribution in [-0.2, 0) is 11.2 Å². The second kappa shape index (κ2) is 5.85. The van der Waals surface area contributed by atoms with Crippen LogP contribution in [0.1, 0.15) is 0 Å². The molecule has 0 bridgehead atoms. The fraction of sp³-hybridized carbons (Fsp3) is 0.0833. The molecule has 0 saturated heterocycles. The minimum atomic E-state index is -1.15. The quantitative estimate of drug-likeness (QED) is 0.661. The molecule has 18 heavy (non-hydrogen) atoms. The van der Waals surface area contributed by atoms with E-state index < -0.39 is 11.2 Å². The average Bonchev–Trinajstić information content (AvgIpc) is 2.33. The van der Waals surface area contributed by atoms with Gasteiger partial charge in [-0.15, -0.1) is 0 Å². The lowest BCUT2D eigenvalue weighted by Crippen LogP contribution is -2.04. The molecule has 1 atom stereocenters. The van der Waals surface area contributed by atoms with Crippen LogP contribution in [-0.4, -0.2) is 15.8 Å². The van der Waals surface area contributed by atoms with E-state index in [9.17, 15) is 8.94 Å². The van der Waals surface area contributed by atoms with E-state index in [0.29, 0.717) is 16.3 Å². The summed E-state index contributed by atoms with van der Waals surface area (Å²) in [6.45, 7) is 0. The van der Waals surface area contributed by atoms with Gasteiger partial charge in [-0.1, -0.05) is 0 Å². The molecule has 0 aliphatic heterocycles. The van der Waals surface area contributed by atoms with Gasteiger partial charge in [0.2, 0.25) is 0 Å². The van der Waals surface area contributed by atoms with Crippen LogP contribution in [0, 0.1) is 9.39 Å². The molecule has 1 unspecified atom stereocenters. The highest BCUT2D eigenvalue weighted by Crippen LogP contribution is 2.26. The van der Waals surface area contributed by atoms with E-state index in [1.54, 1.807) is 30.7 Å². The van der Waals surface area contributed by atoms with E-state index in [-0.39, 0.29) is 5.82 Å². The zero-order valence-electron chi connectivity index (χ0n) is 9.48. The van der Waals surface area contributed by atoms with Gasteiger partial charge in [-0.05, 0) is 52.0 Å². The number of aromatic nitrogens is 1. The smallest absolute Gasteiger partial charge is 0.179 e. The number of nitrogens with zero attached hydrogens (tertiary/aromatic N) is 1. The average molecular weight is 376 g/mol. The Bertz CT molecular complexity index is 566. The van der Waals surface area contributed by atoms with E-state index >= 15 is 0 Å². The molecule has 1 aromatic heterocycles. The minimum Gasteiger partial charge on any atom is -0.612 e. The Kier molecular flexibility index (Phi) is 4.41. The van der Waals surface area contributed by atoms with Crippen LogP contribution in [0.15, 0.2) is 41.6 Å². The summed E-state index contributed by atoms with van der Waals surface area (Å²) in [6, 6.07) is 6.53. The van der Waals surface area contributed by atoms with Crippen LogP contribution in [0.2, 0.25) is 0 Å². The van der Waals surface area contributed by atoms with Gasteiger partial charge in [0, 0.05) is 15.8 Å². The summed E-state index contributed by atoms with van der Waals surface area (Å²) in [5.74, 6) is -0.349. The molecule has 3 nitrogen and oxygen atoms in total. The largest absolute Gasteiger partial charge is 0.612 e. The number of hydrogen-bond acceptors (Lipinski definition) is 3. The standard InChI is InChI=1S/C12H10FIN2OS/c1-18(17)12-4-5-15-7-11(12)16-10-3-2-8(14)6-9(10)13/h2-7,16H,1H3. The first kappa shape index (κ1) is 13.6. The molecule has 1 aromatic carbocycles. The molecule has 6 heteroatoms. The maximum atomic E-state index is 13.7. The van der Waals surface area contributed by atoms with E-state index in [0.717, 1.165) is 3.57 Å². The molecule has 0 saturated carbocycles. The third kappa shape index (κ3) is 3.12. The predicted molar refractivity (Wildman–Crippen MR) is 79.0 cm³/mol. The number of benzene rings is 1. The number of nitrogens with one attached hydrogen (secondary N) is 1. The van der Waals surface area contributed by atoms with Gasteiger partial charge in [0.15, 0.2) is 4.90 Å². The fourth-order valence-corrected chi connectivity index (χ4v) is 2.58. The molecule has 1 heterocycles. The highest BCUT2D eigenvalue weighted by Gasteiger charge is 2.13. The maximum absolute atomic E-state index is 13.7. The molecule has 2 rings (SSSR count). The van der Waals surface area contributed by atoms with Gasteiger partial charge >= 0.3 is 0 Å². The molecular weight excluding hydrogens is 366 g/mol. The van der Waals surface area contributed by atoms with Crippen LogP contribution in [0.3, 0.4) is 0 Å². The van der Waals surface area contributed by atoms with Gasteiger partial charge in [-0.2, -0.15) is 0 Å². The Morgan fingerprint density at radius 2 is 2.11 bits per heavy atom.